The van der Waals surface area contributed by atoms with Crippen LogP contribution in [-0.2, 0) is 0 Å². The Morgan fingerprint density at radius 1 is 1.12 bits per heavy atom. The fourth-order valence-electron chi connectivity index (χ4n) is 1.73. The van der Waals surface area contributed by atoms with Crippen LogP contribution in [0.1, 0.15) is 54.1 Å². The fourth-order valence-corrected chi connectivity index (χ4v) is 2.06. The predicted octanol–water partition coefficient (Wildman–Crippen LogP) is 4.86. The number of carboxylic acids is 1. The van der Waals surface area contributed by atoms with E-state index >= 15 is 0 Å². The molecule has 0 saturated carbocycles. The number of benzene rings is 1. The third kappa shape index (κ3) is 7.06. The average molecular weight is 422 g/mol. The molecular weight excluding hydrogens is 398 g/mol. The van der Waals surface area contributed by atoms with E-state index in [0.29, 0.717) is 4.60 Å². The molecule has 0 radical (unpaired) electrons. The summed E-state index contributed by atoms with van der Waals surface area (Å²) in [6, 6.07) is 9.03. The Labute approximate surface area is 161 Å². The number of nitrogens with zero attached hydrogens (tertiary/aromatic N) is 1. The van der Waals surface area contributed by atoms with Crippen molar-refractivity contribution in [2.45, 2.75) is 27.7 Å². The Kier molecular flexibility index (Phi) is 11.4. The topological polar surface area (TPSA) is 109 Å². The molecule has 0 aliphatic carbocycles. The van der Waals surface area contributed by atoms with E-state index in [9.17, 15) is 9.59 Å². The largest absolute Gasteiger partial charge is 0.478 e. The molecule has 1 aromatic heterocycles. The molecule has 0 spiro atoms. The van der Waals surface area contributed by atoms with Gasteiger partial charge in [0.15, 0.2) is 0 Å². The number of aromatic carboxylic acids is 1. The Bertz CT molecular complexity index is 787. The van der Waals surface area contributed by atoms with Crippen LogP contribution >= 0.6 is 15.9 Å². The van der Waals surface area contributed by atoms with E-state index in [1.807, 2.05) is 27.7 Å². The summed E-state index contributed by atoms with van der Waals surface area (Å²) in [6.07, 6.45) is 3.07. The van der Waals surface area contributed by atoms with Gasteiger partial charge in [0.05, 0.1) is 17.5 Å². The number of anilines is 1. The molecule has 1 heterocycles. The van der Waals surface area contributed by atoms with Gasteiger partial charge in [-0.3, -0.25) is 9.78 Å². The summed E-state index contributed by atoms with van der Waals surface area (Å²) in [5.41, 5.74) is 6.08. The summed E-state index contributed by atoms with van der Waals surface area (Å²) in [4.78, 5) is 30.5. The third-order valence-corrected chi connectivity index (χ3v) is 3.18. The number of carbonyl (C=O) groups excluding carboxylic acids is 1. The number of nitrogens with one attached hydrogen (secondary N) is 1. The Morgan fingerprint density at radius 3 is 2.38 bits per heavy atom. The molecule has 2 aromatic rings. The quantitative estimate of drug-likeness (QED) is 0.484. The van der Waals surface area contributed by atoms with Crippen molar-refractivity contribution in [2.75, 3.05) is 5.73 Å². The minimum absolute atomic E-state index is 0.106. The predicted molar refractivity (Wildman–Crippen MR) is 108 cm³/mol. The smallest absolute Gasteiger partial charge is 0.337 e. The summed E-state index contributed by atoms with van der Waals surface area (Å²) in [5, 5.41) is 9.08. The maximum atomic E-state index is 12.5. The van der Waals surface area contributed by atoms with Crippen LogP contribution < -0.4 is 5.73 Å². The van der Waals surface area contributed by atoms with Gasteiger partial charge in [-0.15, -0.1) is 0 Å². The van der Waals surface area contributed by atoms with Gasteiger partial charge in [0, 0.05) is 17.4 Å². The molecule has 0 saturated heterocycles. The Morgan fingerprint density at radius 2 is 1.77 bits per heavy atom. The number of carboxylic acid groups (broad SMARTS) is 1. The second kappa shape index (κ2) is 12.7. The van der Waals surface area contributed by atoms with Crippen LogP contribution in [0.2, 0.25) is 0 Å². The van der Waals surface area contributed by atoms with Crippen LogP contribution in [0.25, 0.3) is 0 Å². The number of hydrogen-bond acceptors (Lipinski definition) is 4. The van der Waals surface area contributed by atoms with Crippen molar-refractivity contribution >= 4 is 33.4 Å². The zero-order valence-electron chi connectivity index (χ0n) is 15.3. The number of hydrogen-bond donors (Lipinski definition) is 3. The number of rotatable bonds is 3. The second-order valence-corrected chi connectivity index (χ2v) is 5.16. The zero-order valence-corrected chi connectivity index (χ0v) is 16.9. The lowest BCUT2D eigenvalue weighted by molar-refractivity contribution is 0.0698. The molecule has 0 atom stereocenters. The highest BCUT2D eigenvalue weighted by atomic mass is 79.9. The highest BCUT2D eigenvalue weighted by Gasteiger charge is 2.14. The molecule has 0 aliphatic heterocycles. The van der Waals surface area contributed by atoms with Crippen molar-refractivity contribution in [3.05, 3.63) is 70.2 Å². The first kappa shape index (κ1) is 23.3. The maximum Gasteiger partial charge on any atom is 0.337 e. The highest BCUT2D eigenvalue weighted by molar-refractivity contribution is 9.10. The van der Waals surface area contributed by atoms with Gasteiger partial charge in [0.25, 0.3) is 0 Å². The van der Waals surface area contributed by atoms with E-state index in [-0.39, 0.29) is 28.3 Å². The molecule has 140 valence electrons. The van der Waals surface area contributed by atoms with E-state index in [0.717, 1.165) is 0 Å². The number of ketones is 1. The molecule has 4 N–H and O–H groups in total. The van der Waals surface area contributed by atoms with Gasteiger partial charge in [-0.2, -0.15) is 0 Å². The molecule has 1 aromatic carbocycles. The molecule has 0 fully saturated rings. The van der Waals surface area contributed by atoms with E-state index in [2.05, 4.69) is 25.9 Å². The first-order chi connectivity index (χ1) is 12.5. The summed E-state index contributed by atoms with van der Waals surface area (Å²) in [5.74, 6) is -1.54. The van der Waals surface area contributed by atoms with Crippen LogP contribution in [0.5, 0.6) is 0 Å². The number of aromatic amines is 1. The van der Waals surface area contributed by atoms with Gasteiger partial charge >= 0.3 is 5.97 Å². The zero-order chi connectivity index (χ0) is 20.1. The van der Waals surface area contributed by atoms with Crippen molar-refractivity contribution in [1.82, 2.24) is 9.97 Å². The average Bonchev–Trinajstić information content (AvgIpc) is 2.76. The number of carbonyl (C=O) groups is 2. The lowest BCUT2D eigenvalue weighted by atomic mass is 10.0. The Hall–Kier alpha value is -2.67. The van der Waals surface area contributed by atoms with Crippen LogP contribution in [0, 0.1) is 0 Å². The first-order valence-corrected chi connectivity index (χ1v) is 8.98. The van der Waals surface area contributed by atoms with E-state index < -0.39 is 5.97 Å². The standard InChI is InChI=1S/C15H12BrN3O3.2C2H6/c16-13-8-18-6-2-1-3-12(19-13)14(20)9-4-5-11(17)10(7-9)15(21)22;2*1-2/h1-8,19H,17H2,(H,21,22);2*1-2H3. The van der Waals surface area contributed by atoms with E-state index in [4.69, 9.17) is 10.8 Å². The van der Waals surface area contributed by atoms with Gasteiger partial charge in [-0.05, 0) is 46.3 Å². The number of nitrogen functional groups attached to an aromatic ring is 1. The molecule has 26 heavy (non-hydrogen) atoms. The Balaban J connectivity index is 0.00000146. The van der Waals surface area contributed by atoms with Gasteiger partial charge in [-0.1, -0.05) is 33.8 Å². The van der Waals surface area contributed by atoms with Crippen molar-refractivity contribution in [1.29, 1.82) is 0 Å². The summed E-state index contributed by atoms with van der Waals surface area (Å²) >= 11 is 3.24. The second-order valence-electron chi connectivity index (χ2n) is 4.30. The first-order valence-electron chi connectivity index (χ1n) is 8.19. The van der Waals surface area contributed by atoms with Crippen LogP contribution in [0.4, 0.5) is 5.69 Å². The minimum Gasteiger partial charge on any atom is -0.478 e. The van der Waals surface area contributed by atoms with E-state index in [1.54, 1.807) is 24.4 Å². The van der Waals surface area contributed by atoms with Gasteiger partial charge in [0.2, 0.25) is 5.78 Å². The highest BCUT2D eigenvalue weighted by Crippen LogP contribution is 2.17. The normalized spacial score (nSPS) is 8.81. The molecular formula is C19H24BrN3O3. The molecule has 0 amide bonds. The van der Waals surface area contributed by atoms with Crippen LogP contribution in [0.15, 0.2) is 53.4 Å². The summed E-state index contributed by atoms with van der Waals surface area (Å²) in [6.45, 7) is 8.00. The van der Waals surface area contributed by atoms with Crippen molar-refractivity contribution in [3.63, 3.8) is 0 Å². The molecule has 7 heteroatoms. The molecule has 0 unspecified atom stereocenters. The number of nitrogens with two attached hydrogens (primary N) is 1. The molecule has 0 bridgehead atoms. The van der Waals surface area contributed by atoms with E-state index in [1.165, 1.54) is 24.4 Å². The van der Waals surface area contributed by atoms with Crippen LogP contribution in [0.3, 0.4) is 0 Å². The molecule has 2 rings (SSSR count). The van der Waals surface area contributed by atoms with Gasteiger partial charge < -0.3 is 15.8 Å². The minimum atomic E-state index is -1.18. The van der Waals surface area contributed by atoms with Crippen molar-refractivity contribution in [2.24, 2.45) is 0 Å². The van der Waals surface area contributed by atoms with Gasteiger partial charge in [0.1, 0.15) is 4.60 Å². The lowest BCUT2D eigenvalue weighted by Crippen LogP contribution is -2.08. The monoisotopic (exact) mass is 421 g/mol. The third-order valence-electron chi connectivity index (χ3n) is 2.78. The lowest BCUT2D eigenvalue weighted by Gasteiger charge is -2.04. The number of halogens is 1. The SMILES string of the molecule is CC.CC.Nc1ccc(C(=O)c2ccccncc(Br)[nH]2)cc1C(=O)O. The van der Waals surface area contributed by atoms with Crippen LogP contribution in [-0.4, -0.2) is 26.8 Å². The van der Waals surface area contributed by atoms with Crippen molar-refractivity contribution < 1.29 is 14.7 Å². The summed E-state index contributed by atoms with van der Waals surface area (Å²) < 4.78 is 0.501. The fraction of sp³-hybridized carbons (Fsp3) is 0.211. The maximum absolute atomic E-state index is 12.5. The molecule has 0 aliphatic rings. The summed E-state index contributed by atoms with van der Waals surface area (Å²) in [7, 11) is 0. The van der Waals surface area contributed by atoms with Gasteiger partial charge in [-0.25, -0.2) is 4.79 Å². The molecule has 6 nitrogen and oxygen atoms in total. The number of aromatic nitrogens is 2. The number of H-pyrrole nitrogens is 1. The van der Waals surface area contributed by atoms with Crippen molar-refractivity contribution in [3.8, 4) is 0 Å².